The van der Waals surface area contributed by atoms with Crippen LogP contribution in [0.25, 0.3) is 0 Å². The highest BCUT2D eigenvalue weighted by Crippen LogP contribution is 2.22. The first-order valence-corrected chi connectivity index (χ1v) is 9.03. The van der Waals surface area contributed by atoms with Crippen LogP contribution in [0.15, 0.2) is 42.5 Å². The molecule has 0 heterocycles. The molecule has 0 radical (unpaired) electrons. The monoisotopic (exact) mass is 370 g/mol. The Morgan fingerprint density at radius 1 is 0.926 bits per heavy atom. The Morgan fingerprint density at radius 2 is 1.63 bits per heavy atom. The summed E-state index contributed by atoms with van der Waals surface area (Å²) in [7, 11) is 0. The highest BCUT2D eigenvalue weighted by molar-refractivity contribution is 5.97. The normalized spacial score (nSPS) is 10.2. The zero-order valence-corrected chi connectivity index (χ0v) is 16.0. The van der Waals surface area contributed by atoms with Gasteiger partial charge in [-0.1, -0.05) is 43.7 Å². The maximum Gasteiger partial charge on any atom is 0.276 e. The van der Waals surface area contributed by atoms with E-state index in [1.165, 1.54) is 0 Å². The number of nitrogens with one attached hydrogen (secondary N) is 2. The Hall–Kier alpha value is -3.02. The summed E-state index contributed by atoms with van der Waals surface area (Å²) >= 11 is 0. The fourth-order valence-corrected chi connectivity index (χ4v) is 2.50. The summed E-state index contributed by atoms with van der Waals surface area (Å²) < 4.78 is 11.2. The van der Waals surface area contributed by atoms with Crippen LogP contribution < -0.4 is 20.3 Å². The molecule has 6 heteroatoms. The standard InChI is InChI=1S/C21H26N2O4/c1-4-5-13-26-18-12-7-6-11-17(18)21(25)23-22-19(24)14-27-20-15(2)9-8-10-16(20)3/h6-12H,4-5,13-14H2,1-3H3,(H,22,24)(H,23,25). The number of hydrogen-bond donors (Lipinski definition) is 2. The number of hydrazine groups is 1. The highest BCUT2D eigenvalue weighted by atomic mass is 16.5. The second-order valence-electron chi connectivity index (χ2n) is 6.21. The van der Waals surface area contributed by atoms with Crippen molar-refractivity contribution in [3.8, 4) is 11.5 Å². The van der Waals surface area contributed by atoms with Crippen molar-refractivity contribution in [1.29, 1.82) is 0 Å². The average Bonchev–Trinajstić information content (AvgIpc) is 2.66. The van der Waals surface area contributed by atoms with Crippen LogP contribution in [0.2, 0.25) is 0 Å². The number of benzene rings is 2. The largest absolute Gasteiger partial charge is 0.493 e. The van der Waals surface area contributed by atoms with E-state index in [2.05, 4.69) is 17.8 Å². The minimum atomic E-state index is -0.449. The molecule has 0 aliphatic heterocycles. The molecule has 2 amide bonds. The number of rotatable bonds is 8. The smallest absolute Gasteiger partial charge is 0.276 e. The third-order valence-electron chi connectivity index (χ3n) is 3.96. The van der Waals surface area contributed by atoms with Crippen LogP contribution in [-0.4, -0.2) is 25.0 Å². The van der Waals surface area contributed by atoms with Crippen molar-refractivity contribution in [2.45, 2.75) is 33.6 Å². The first kappa shape index (κ1) is 20.3. The molecule has 0 unspecified atom stereocenters. The third-order valence-corrected chi connectivity index (χ3v) is 3.96. The van der Waals surface area contributed by atoms with Gasteiger partial charge < -0.3 is 9.47 Å². The fraction of sp³-hybridized carbons (Fsp3) is 0.333. The maximum absolute atomic E-state index is 12.3. The van der Waals surface area contributed by atoms with Gasteiger partial charge in [-0.25, -0.2) is 0 Å². The topological polar surface area (TPSA) is 76.7 Å². The molecule has 0 saturated carbocycles. The van der Waals surface area contributed by atoms with E-state index in [0.29, 0.717) is 23.7 Å². The zero-order valence-electron chi connectivity index (χ0n) is 16.0. The molecule has 0 fully saturated rings. The van der Waals surface area contributed by atoms with E-state index in [1.807, 2.05) is 32.0 Å². The maximum atomic E-state index is 12.3. The Bertz CT molecular complexity index is 769. The molecular formula is C21H26N2O4. The molecule has 0 aromatic heterocycles. The summed E-state index contributed by atoms with van der Waals surface area (Å²) in [5, 5.41) is 0. The summed E-state index contributed by atoms with van der Waals surface area (Å²) in [6.07, 6.45) is 1.91. The summed E-state index contributed by atoms with van der Waals surface area (Å²) in [4.78, 5) is 24.3. The van der Waals surface area contributed by atoms with E-state index >= 15 is 0 Å². The van der Waals surface area contributed by atoms with Crippen molar-refractivity contribution >= 4 is 11.8 Å². The molecule has 0 saturated heterocycles. The number of amides is 2. The molecule has 27 heavy (non-hydrogen) atoms. The lowest BCUT2D eigenvalue weighted by atomic mass is 10.1. The van der Waals surface area contributed by atoms with Gasteiger partial charge >= 0.3 is 0 Å². The highest BCUT2D eigenvalue weighted by Gasteiger charge is 2.13. The Labute approximate surface area is 159 Å². The van der Waals surface area contributed by atoms with E-state index in [9.17, 15) is 9.59 Å². The summed E-state index contributed by atoms with van der Waals surface area (Å²) in [5.74, 6) is 0.274. The van der Waals surface area contributed by atoms with Crippen molar-refractivity contribution in [2.24, 2.45) is 0 Å². The van der Waals surface area contributed by atoms with E-state index in [0.717, 1.165) is 24.0 Å². The van der Waals surface area contributed by atoms with Crippen LogP contribution in [0.4, 0.5) is 0 Å². The predicted octanol–water partition coefficient (Wildman–Crippen LogP) is 3.32. The van der Waals surface area contributed by atoms with Crippen molar-refractivity contribution in [3.05, 3.63) is 59.2 Å². The molecule has 0 bridgehead atoms. The van der Waals surface area contributed by atoms with Crippen LogP contribution in [0.3, 0.4) is 0 Å². The van der Waals surface area contributed by atoms with E-state index in [4.69, 9.17) is 9.47 Å². The number of ether oxygens (including phenoxy) is 2. The number of carbonyl (C=O) groups is 2. The lowest BCUT2D eigenvalue weighted by Gasteiger charge is -2.13. The molecule has 0 aliphatic rings. The van der Waals surface area contributed by atoms with Crippen LogP contribution in [-0.2, 0) is 4.79 Å². The number of unbranched alkanes of at least 4 members (excludes halogenated alkanes) is 1. The van der Waals surface area contributed by atoms with Gasteiger partial charge in [0.15, 0.2) is 6.61 Å². The van der Waals surface area contributed by atoms with Crippen LogP contribution in [0, 0.1) is 13.8 Å². The van der Waals surface area contributed by atoms with Gasteiger partial charge in [0.1, 0.15) is 11.5 Å². The van der Waals surface area contributed by atoms with Gasteiger partial charge in [0.2, 0.25) is 0 Å². The van der Waals surface area contributed by atoms with Gasteiger partial charge in [-0.2, -0.15) is 0 Å². The van der Waals surface area contributed by atoms with Crippen molar-refractivity contribution in [1.82, 2.24) is 10.9 Å². The van der Waals surface area contributed by atoms with Gasteiger partial charge in [0.05, 0.1) is 12.2 Å². The second kappa shape index (κ2) is 10.2. The minimum absolute atomic E-state index is 0.194. The fourth-order valence-electron chi connectivity index (χ4n) is 2.50. The van der Waals surface area contributed by atoms with E-state index in [1.54, 1.807) is 24.3 Å². The lowest BCUT2D eigenvalue weighted by Crippen LogP contribution is -2.44. The number of aryl methyl sites for hydroxylation is 2. The quantitative estimate of drug-likeness (QED) is 0.552. The first-order valence-electron chi connectivity index (χ1n) is 9.03. The van der Waals surface area contributed by atoms with Gasteiger partial charge in [-0.15, -0.1) is 0 Å². The Morgan fingerprint density at radius 3 is 2.33 bits per heavy atom. The second-order valence-corrected chi connectivity index (χ2v) is 6.21. The average molecular weight is 370 g/mol. The molecule has 144 valence electrons. The molecule has 2 rings (SSSR count). The first-order chi connectivity index (χ1) is 13.0. The van der Waals surface area contributed by atoms with Gasteiger partial charge in [-0.3, -0.25) is 20.4 Å². The van der Waals surface area contributed by atoms with Crippen LogP contribution >= 0.6 is 0 Å². The molecule has 2 aromatic carbocycles. The number of hydrogen-bond acceptors (Lipinski definition) is 4. The molecule has 0 spiro atoms. The van der Waals surface area contributed by atoms with Crippen LogP contribution in [0.1, 0.15) is 41.3 Å². The Kier molecular flexibility index (Phi) is 7.67. The lowest BCUT2D eigenvalue weighted by molar-refractivity contribution is -0.123. The van der Waals surface area contributed by atoms with Gasteiger partial charge in [-0.05, 0) is 43.5 Å². The van der Waals surface area contributed by atoms with Crippen LogP contribution in [0.5, 0.6) is 11.5 Å². The number of carbonyl (C=O) groups excluding carboxylic acids is 2. The van der Waals surface area contributed by atoms with Crippen molar-refractivity contribution in [3.63, 3.8) is 0 Å². The molecular weight excluding hydrogens is 344 g/mol. The molecule has 2 N–H and O–H groups in total. The number of para-hydroxylation sites is 2. The molecule has 0 aliphatic carbocycles. The Balaban J connectivity index is 1.87. The van der Waals surface area contributed by atoms with Gasteiger partial charge in [0, 0.05) is 0 Å². The minimum Gasteiger partial charge on any atom is -0.493 e. The van der Waals surface area contributed by atoms with Gasteiger partial charge in [0.25, 0.3) is 11.8 Å². The summed E-state index contributed by atoms with van der Waals surface area (Å²) in [5.41, 5.74) is 7.03. The molecule has 6 nitrogen and oxygen atoms in total. The molecule has 0 atom stereocenters. The van der Waals surface area contributed by atoms with Crippen molar-refractivity contribution in [2.75, 3.05) is 13.2 Å². The summed E-state index contributed by atoms with van der Waals surface area (Å²) in [6.45, 7) is 6.24. The van der Waals surface area contributed by atoms with E-state index in [-0.39, 0.29) is 6.61 Å². The zero-order chi connectivity index (χ0) is 19.6. The van der Waals surface area contributed by atoms with Crippen molar-refractivity contribution < 1.29 is 19.1 Å². The van der Waals surface area contributed by atoms with E-state index < -0.39 is 11.8 Å². The third kappa shape index (κ3) is 6.02. The molecule has 2 aromatic rings. The predicted molar refractivity (Wildman–Crippen MR) is 104 cm³/mol. The summed E-state index contributed by atoms with van der Waals surface area (Å²) in [6, 6.07) is 12.7. The SMILES string of the molecule is CCCCOc1ccccc1C(=O)NNC(=O)COc1c(C)cccc1C.